The van der Waals surface area contributed by atoms with Gasteiger partial charge in [-0.05, 0) is 12.0 Å². The molecule has 0 radical (unpaired) electrons. The third kappa shape index (κ3) is 6.39. The average molecular weight is 251 g/mol. The van der Waals surface area contributed by atoms with Crippen molar-refractivity contribution in [1.29, 1.82) is 0 Å². The molecule has 0 aromatic rings. The third-order valence-electron chi connectivity index (χ3n) is 2.00. The van der Waals surface area contributed by atoms with Gasteiger partial charge in [0.25, 0.3) is 0 Å². The Kier molecular flexibility index (Phi) is 8.64. The van der Waals surface area contributed by atoms with Gasteiger partial charge in [-0.2, -0.15) is 0 Å². The van der Waals surface area contributed by atoms with Gasteiger partial charge in [-0.15, -0.1) is 0 Å². The highest BCUT2D eigenvalue weighted by atomic mass is 16.6. The van der Waals surface area contributed by atoms with Gasteiger partial charge in [0.05, 0.1) is 12.7 Å². The molecule has 3 unspecified atom stereocenters. The van der Waals surface area contributed by atoms with E-state index in [4.69, 9.17) is 10.6 Å². The number of hydrogen-bond acceptors (Lipinski definition) is 7. The minimum Gasteiger partial charge on any atom is -0.396 e. The summed E-state index contributed by atoms with van der Waals surface area (Å²) >= 11 is 0. The van der Waals surface area contributed by atoms with Crippen LogP contribution in [0.25, 0.3) is 10.4 Å². The van der Waals surface area contributed by atoms with Crippen LogP contribution in [-0.4, -0.2) is 69.9 Å². The molecule has 9 nitrogen and oxygen atoms in total. The Hall–Kier alpha value is -0.930. The quantitative estimate of drug-likeness (QED) is 0.106. The first-order chi connectivity index (χ1) is 8.04. The highest BCUT2D eigenvalue weighted by molar-refractivity contribution is 4.77. The fourth-order valence-electron chi connectivity index (χ4n) is 1.06. The molecule has 0 aliphatic heterocycles. The fourth-order valence-corrected chi connectivity index (χ4v) is 1.06. The number of rotatable bonds is 9. The number of nitrogens with zero attached hydrogens (tertiary/aromatic N) is 3. The molecular weight excluding hydrogens is 234 g/mol. The van der Waals surface area contributed by atoms with E-state index < -0.39 is 24.6 Å². The zero-order valence-corrected chi connectivity index (χ0v) is 9.12. The summed E-state index contributed by atoms with van der Waals surface area (Å²) in [6.45, 7) is -0.528. The van der Waals surface area contributed by atoms with Gasteiger partial charge in [-0.1, -0.05) is 5.11 Å². The molecule has 0 aliphatic rings. The third-order valence-corrected chi connectivity index (χ3v) is 2.00. The Morgan fingerprint density at radius 3 is 2.35 bits per heavy atom. The average Bonchev–Trinajstić information content (AvgIpc) is 2.32. The van der Waals surface area contributed by atoms with Gasteiger partial charge in [0.2, 0.25) is 0 Å². The normalized spacial score (nSPS) is 17.9. The molecule has 0 saturated heterocycles. The van der Waals surface area contributed by atoms with E-state index in [1.807, 2.05) is 0 Å². The molecule has 0 spiro atoms. The van der Waals surface area contributed by atoms with Crippen LogP contribution in [0.3, 0.4) is 0 Å². The van der Waals surface area contributed by atoms with Crippen LogP contribution in [0.2, 0.25) is 0 Å². The first-order valence-electron chi connectivity index (χ1n) is 5.00. The molecular formula is C8H17N3O6. The SMILES string of the molecule is [N-]=[N+]=NCCO[C@@H](O)C(O)C(O)C(O)CCO. The maximum Gasteiger partial charge on any atom is 0.183 e. The first kappa shape index (κ1) is 16.1. The lowest BCUT2D eigenvalue weighted by molar-refractivity contribution is -0.201. The van der Waals surface area contributed by atoms with Crippen molar-refractivity contribution in [2.24, 2.45) is 5.11 Å². The van der Waals surface area contributed by atoms with Crippen LogP contribution >= 0.6 is 0 Å². The Bertz CT molecular complexity index is 247. The molecule has 9 heteroatoms. The zero-order valence-electron chi connectivity index (χ0n) is 9.12. The fraction of sp³-hybridized carbons (Fsp3) is 1.00. The molecule has 0 aliphatic carbocycles. The summed E-state index contributed by atoms with van der Waals surface area (Å²) in [4.78, 5) is 2.45. The van der Waals surface area contributed by atoms with Crippen molar-refractivity contribution >= 4 is 0 Å². The maximum atomic E-state index is 9.37. The lowest BCUT2D eigenvalue weighted by Gasteiger charge is -2.25. The van der Waals surface area contributed by atoms with Crippen molar-refractivity contribution in [1.82, 2.24) is 0 Å². The van der Waals surface area contributed by atoms with Gasteiger partial charge < -0.3 is 30.3 Å². The number of hydrogen-bond donors (Lipinski definition) is 5. The standard InChI is InChI=1S/C8H17N3O6/c9-11-10-2-4-17-8(16)7(15)6(14)5(13)1-3-12/h5-8,12-16H,1-4H2/t5?,6?,7?,8-/m1/s1. The van der Waals surface area contributed by atoms with Gasteiger partial charge in [0.1, 0.15) is 12.2 Å². The molecule has 0 saturated carbocycles. The van der Waals surface area contributed by atoms with Gasteiger partial charge >= 0.3 is 0 Å². The van der Waals surface area contributed by atoms with Gasteiger partial charge in [-0.3, -0.25) is 0 Å². The van der Waals surface area contributed by atoms with Crippen molar-refractivity contribution in [3.63, 3.8) is 0 Å². The Morgan fingerprint density at radius 1 is 1.18 bits per heavy atom. The first-order valence-corrected chi connectivity index (χ1v) is 5.00. The van der Waals surface area contributed by atoms with E-state index in [0.717, 1.165) is 0 Å². The lowest BCUT2D eigenvalue weighted by atomic mass is 10.1. The number of ether oxygens (including phenoxy) is 1. The van der Waals surface area contributed by atoms with Gasteiger partial charge in [0.15, 0.2) is 6.29 Å². The topological polar surface area (TPSA) is 159 Å². The van der Waals surface area contributed by atoms with E-state index in [1.165, 1.54) is 0 Å². The summed E-state index contributed by atoms with van der Waals surface area (Å²) in [6, 6.07) is 0. The van der Waals surface area contributed by atoms with Crippen LogP contribution in [-0.2, 0) is 4.74 Å². The van der Waals surface area contributed by atoms with Crippen LogP contribution in [0.15, 0.2) is 5.11 Å². The summed E-state index contributed by atoms with van der Waals surface area (Å²) < 4.78 is 4.66. The smallest absolute Gasteiger partial charge is 0.183 e. The van der Waals surface area contributed by atoms with Crippen molar-refractivity contribution < 1.29 is 30.3 Å². The minimum atomic E-state index is -1.72. The second kappa shape index (κ2) is 9.14. The zero-order chi connectivity index (χ0) is 13.3. The molecule has 0 heterocycles. The van der Waals surface area contributed by atoms with Crippen molar-refractivity contribution in [2.75, 3.05) is 19.8 Å². The summed E-state index contributed by atoms with van der Waals surface area (Å²) in [5, 5.41) is 48.9. The monoisotopic (exact) mass is 251 g/mol. The molecule has 0 fully saturated rings. The molecule has 5 N–H and O–H groups in total. The van der Waals surface area contributed by atoms with Crippen LogP contribution in [0.4, 0.5) is 0 Å². The van der Waals surface area contributed by atoms with E-state index in [2.05, 4.69) is 14.8 Å². The van der Waals surface area contributed by atoms with Crippen molar-refractivity contribution in [3.05, 3.63) is 10.4 Å². The predicted octanol–water partition coefficient (Wildman–Crippen LogP) is -1.90. The number of azide groups is 1. The van der Waals surface area contributed by atoms with Crippen LogP contribution in [0, 0.1) is 0 Å². The molecule has 4 atom stereocenters. The molecule has 0 amide bonds. The van der Waals surface area contributed by atoms with E-state index in [0.29, 0.717) is 0 Å². The van der Waals surface area contributed by atoms with Gasteiger partial charge in [0, 0.05) is 18.1 Å². The Labute approximate surface area is 97.5 Å². The molecule has 0 aromatic carbocycles. The Balaban J connectivity index is 4.00. The van der Waals surface area contributed by atoms with Crippen molar-refractivity contribution in [2.45, 2.75) is 31.0 Å². The van der Waals surface area contributed by atoms with E-state index in [-0.39, 0.29) is 26.2 Å². The number of aliphatic hydroxyl groups is 5. The van der Waals surface area contributed by atoms with Crippen LogP contribution in [0.5, 0.6) is 0 Å². The molecule has 0 rings (SSSR count). The summed E-state index contributed by atoms with van der Waals surface area (Å²) in [7, 11) is 0. The molecule has 0 aromatic heterocycles. The second-order valence-electron chi connectivity index (χ2n) is 3.28. The van der Waals surface area contributed by atoms with E-state index in [1.54, 1.807) is 0 Å². The molecule has 100 valence electrons. The Morgan fingerprint density at radius 2 is 1.82 bits per heavy atom. The molecule has 17 heavy (non-hydrogen) atoms. The number of aliphatic hydroxyl groups excluding tert-OH is 5. The highest BCUT2D eigenvalue weighted by Gasteiger charge is 2.30. The lowest BCUT2D eigenvalue weighted by Crippen LogP contribution is -2.45. The van der Waals surface area contributed by atoms with Crippen LogP contribution < -0.4 is 0 Å². The van der Waals surface area contributed by atoms with Gasteiger partial charge in [-0.25, -0.2) is 0 Å². The van der Waals surface area contributed by atoms with Crippen molar-refractivity contribution in [3.8, 4) is 0 Å². The maximum absolute atomic E-state index is 9.37. The second-order valence-corrected chi connectivity index (χ2v) is 3.28. The largest absolute Gasteiger partial charge is 0.396 e. The summed E-state index contributed by atoms with van der Waals surface area (Å²) in [5.41, 5.74) is 7.95. The summed E-state index contributed by atoms with van der Waals surface area (Å²) in [5.74, 6) is 0. The summed E-state index contributed by atoms with van der Waals surface area (Å²) in [6.07, 6.45) is -6.58. The highest BCUT2D eigenvalue weighted by Crippen LogP contribution is 2.08. The molecule has 0 bridgehead atoms. The van der Waals surface area contributed by atoms with E-state index >= 15 is 0 Å². The van der Waals surface area contributed by atoms with E-state index in [9.17, 15) is 20.4 Å². The predicted molar refractivity (Wildman–Crippen MR) is 55.7 cm³/mol. The van der Waals surface area contributed by atoms with Crippen LogP contribution in [0.1, 0.15) is 6.42 Å². The minimum absolute atomic E-state index is 0.0322.